The molecule has 0 bridgehead atoms. The van der Waals surface area contributed by atoms with E-state index in [2.05, 4.69) is 31.3 Å². The fourth-order valence-corrected chi connectivity index (χ4v) is 2.84. The van der Waals surface area contributed by atoms with E-state index in [1.165, 1.54) is 13.3 Å². The van der Waals surface area contributed by atoms with Gasteiger partial charge in [-0.05, 0) is 30.7 Å². The third-order valence-corrected chi connectivity index (χ3v) is 4.32. The summed E-state index contributed by atoms with van der Waals surface area (Å²) in [4.78, 5) is 16.6. The quantitative estimate of drug-likeness (QED) is 0.722. The summed E-state index contributed by atoms with van der Waals surface area (Å²) in [5.74, 6) is 0.848. The van der Waals surface area contributed by atoms with Crippen LogP contribution in [0.5, 0.6) is 5.88 Å². The fraction of sp³-hybridized carbons (Fsp3) is 0.167. The standard InChI is InChI=1S/C18H17BrN4O2/c1-11-16(12-4-7-14(19)8-5-12)17(23(2)22-11)21-18(24)13-6-9-15(25-3)20-10-13/h4-10H,1-3H3,(H,21,24). The number of amides is 1. The van der Waals surface area contributed by atoms with Crippen molar-refractivity contribution in [2.75, 3.05) is 12.4 Å². The Morgan fingerprint density at radius 3 is 2.52 bits per heavy atom. The SMILES string of the molecule is COc1ccc(C(=O)Nc2c(-c3ccc(Br)cc3)c(C)nn2C)cn1. The van der Waals surface area contributed by atoms with Crippen molar-refractivity contribution in [2.24, 2.45) is 7.05 Å². The third kappa shape index (κ3) is 3.56. The molecule has 0 aliphatic carbocycles. The molecule has 0 saturated heterocycles. The van der Waals surface area contributed by atoms with Gasteiger partial charge in [-0.15, -0.1) is 0 Å². The molecule has 0 fully saturated rings. The van der Waals surface area contributed by atoms with E-state index in [4.69, 9.17) is 4.74 Å². The molecule has 128 valence electrons. The normalized spacial score (nSPS) is 10.6. The van der Waals surface area contributed by atoms with Crippen molar-refractivity contribution < 1.29 is 9.53 Å². The zero-order chi connectivity index (χ0) is 18.0. The van der Waals surface area contributed by atoms with Crippen molar-refractivity contribution in [3.8, 4) is 17.0 Å². The van der Waals surface area contributed by atoms with Gasteiger partial charge in [-0.3, -0.25) is 9.48 Å². The Balaban J connectivity index is 1.94. The third-order valence-electron chi connectivity index (χ3n) is 3.79. The predicted octanol–water partition coefficient (Wildman–Crippen LogP) is 3.81. The number of nitrogens with one attached hydrogen (secondary N) is 1. The van der Waals surface area contributed by atoms with Crippen molar-refractivity contribution in [3.63, 3.8) is 0 Å². The van der Waals surface area contributed by atoms with E-state index >= 15 is 0 Å². The Hall–Kier alpha value is -2.67. The maximum atomic E-state index is 12.6. The fourth-order valence-electron chi connectivity index (χ4n) is 2.58. The number of ether oxygens (including phenoxy) is 1. The Labute approximate surface area is 154 Å². The molecule has 25 heavy (non-hydrogen) atoms. The largest absolute Gasteiger partial charge is 0.481 e. The Kier molecular flexibility index (Phi) is 4.85. The lowest BCUT2D eigenvalue weighted by Crippen LogP contribution is -2.15. The van der Waals surface area contributed by atoms with Gasteiger partial charge in [-0.25, -0.2) is 4.98 Å². The van der Waals surface area contributed by atoms with Crippen LogP contribution in [0.2, 0.25) is 0 Å². The summed E-state index contributed by atoms with van der Waals surface area (Å²) in [6, 6.07) is 11.2. The number of rotatable bonds is 4. The van der Waals surface area contributed by atoms with Crippen molar-refractivity contribution in [3.05, 3.63) is 58.3 Å². The summed E-state index contributed by atoms with van der Waals surface area (Å²) in [6.45, 7) is 1.92. The molecule has 1 aromatic carbocycles. The first-order valence-corrected chi connectivity index (χ1v) is 8.40. The second-order valence-electron chi connectivity index (χ2n) is 5.48. The topological polar surface area (TPSA) is 69.0 Å². The molecule has 7 heteroatoms. The smallest absolute Gasteiger partial charge is 0.258 e. The number of hydrogen-bond donors (Lipinski definition) is 1. The average Bonchev–Trinajstić information content (AvgIpc) is 2.89. The molecule has 1 N–H and O–H groups in total. The van der Waals surface area contributed by atoms with Gasteiger partial charge in [0, 0.05) is 29.3 Å². The number of benzene rings is 1. The molecule has 6 nitrogen and oxygen atoms in total. The Morgan fingerprint density at radius 1 is 1.20 bits per heavy atom. The average molecular weight is 401 g/mol. The van der Waals surface area contributed by atoms with Crippen LogP contribution in [0.1, 0.15) is 16.1 Å². The molecule has 0 aliphatic heterocycles. The highest BCUT2D eigenvalue weighted by Gasteiger charge is 2.18. The van der Waals surface area contributed by atoms with Crippen LogP contribution in [0.3, 0.4) is 0 Å². The minimum absolute atomic E-state index is 0.253. The van der Waals surface area contributed by atoms with Gasteiger partial charge in [-0.2, -0.15) is 5.10 Å². The molecule has 2 aromatic heterocycles. The first-order chi connectivity index (χ1) is 12.0. The summed E-state index contributed by atoms with van der Waals surface area (Å²) in [6.07, 6.45) is 1.48. The number of halogens is 1. The van der Waals surface area contributed by atoms with Crippen molar-refractivity contribution in [1.29, 1.82) is 0 Å². The molecule has 3 aromatic rings. The molecular weight excluding hydrogens is 384 g/mol. The minimum atomic E-state index is -0.253. The summed E-state index contributed by atoms with van der Waals surface area (Å²) in [7, 11) is 3.34. The molecule has 0 aliphatic rings. The molecule has 0 saturated carbocycles. The molecule has 0 atom stereocenters. The van der Waals surface area contributed by atoms with Crippen LogP contribution in [-0.2, 0) is 7.05 Å². The van der Waals surface area contributed by atoms with Crippen molar-refractivity contribution in [1.82, 2.24) is 14.8 Å². The zero-order valence-electron chi connectivity index (χ0n) is 14.1. The number of carbonyl (C=O) groups is 1. The number of methoxy groups -OCH3 is 1. The van der Waals surface area contributed by atoms with Crippen LogP contribution >= 0.6 is 15.9 Å². The Morgan fingerprint density at radius 2 is 1.92 bits per heavy atom. The molecule has 0 spiro atoms. The maximum absolute atomic E-state index is 12.6. The molecular formula is C18H17BrN4O2. The van der Waals surface area contributed by atoms with E-state index in [0.29, 0.717) is 17.3 Å². The number of aromatic nitrogens is 3. The first kappa shape index (κ1) is 17.2. The van der Waals surface area contributed by atoms with Crippen molar-refractivity contribution in [2.45, 2.75) is 6.92 Å². The van der Waals surface area contributed by atoms with Crippen LogP contribution in [-0.4, -0.2) is 27.8 Å². The van der Waals surface area contributed by atoms with Crippen LogP contribution in [0.25, 0.3) is 11.1 Å². The van der Waals surface area contributed by atoms with E-state index in [0.717, 1.165) is 21.3 Å². The molecule has 3 rings (SSSR count). The summed E-state index contributed by atoms with van der Waals surface area (Å²) < 4.78 is 7.68. The molecule has 1 amide bonds. The van der Waals surface area contributed by atoms with E-state index in [9.17, 15) is 4.79 Å². The number of carbonyl (C=O) groups excluding carboxylic acids is 1. The van der Waals surface area contributed by atoms with Gasteiger partial charge in [0.25, 0.3) is 5.91 Å². The molecule has 0 radical (unpaired) electrons. The monoisotopic (exact) mass is 400 g/mol. The van der Waals surface area contributed by atoms with Crippen LogP contribution in [0.4, 0.5) is 5.82 Å². The van der Waals surface area contributed by atoms with Crippen molar-refractivity contribution >= 4 is 27.7 Å². The van der Waals surface area contributed by atoms with E-state index < -0.39 is 0 Å². The van der Waals surface area contributed by atoms with Crippen LogP contribution in [0, 0.1) is 6.92 Å². The highest BCUT2D eigenvalue weighted by atomic mass is 79.9. The summed E-state index contributed by atoms with van der Waals surface area (Å²) >= 11 is 3.44. The number of anilines is 1. The van der Waals surface area contributed by atoms with Gasteiger partial charge >= 0.3 is 0 Å². The molecule has 0 unspecified atom stereocenters. The minimum Gasteiger partial charge on any atom is -0.481 e. The van der Waals surface area contributed by atoms with E-state index in [1.807, 2.05) is 31.2 Å². The maximum Gasteiger partial charge on any atom is 0.258 e. The zero-order valence-corrected chi connectivity index (χ0v) is 15.7. The second kappa shape index (κ2) is 7.06. The van der Waals surface area contributed by atoms with Gasteiger partial charge in [0.05, 0.1) is 18.4 Å². The van der Waals surface area contributed by atoms with E-state index in [-0.39, 0.29) is 5.91 Å². The van der Waals surface area contributed by atoms with E-state index in [1.54, 1.807) is 23.9 Å². The van der Waals surface area contributed by atoms with Gasteiger partial charge in [0.15, 0.2) is 0 Å². The highest BCUT2D eigenvalue weighted by molar-refractivity contribution is 9.10. The van der Waals surface area contributed by atoms with Gasteiger partial charge in [0.1, 0.15) is 5.82 Å². The number of hydrogen-bond acceptors (Lipinski definition) is 4. The summed E-state index contributed by atoms with van der Waals surface area (Å²) in [5, 5.41) is 7.37. The highest BCUT2D eigenvalue weighted by Crippen LogP contribution is 2.32. The number of pyridine rings is 1. The first-order valence-electron chi connectivity index (χ1n) is 7.60. The second-order valence-corrected chi connectivity index (χ2v) is 6.40. The predicted molar refractivity (Wildman–Crippen MR) is 99.8 cm³/mol. The lowest BCUT2D eigenvalue weighted by Gasteiger charge is -2.09. The lowest BCUT2D eigenvalue weighted by atomic mass is 10.1. The van der Waals surface area contributed by atoms with Gasteiger partial charge in [0.2, 0.25) is 5.88 Å². The molecule has 2 heterocycles. The van der Waals surface area contributed by atoms with Gasteiger partial charge in [-0.1, -0.05) is 28.1 Å². The number of nitrogens with zero attached hydrogens (tertiary/aromatic N) is 3. The number of aryl methyl sites for hydroxylation is 2. The Bertz CT molecular complexity index is 902. The van der Waals surface area contributed by atoms with Crippen LogP contribution in [0.15, 0.2) is 47.1 Å². The summed E-state index contributed by atoms with van der Waals surface area (Å²) in [5.41, 5.74) is 3.16. The van der Waals surface area contributed by atoms with Crippen LogP contribution < -0.4 is 10.1 Å². The van der Waals surface area contributed by atoms with Gasteiger partial charge < -0.3 is 10.1 Å². The lowest BCUT2D eigenvalue weighted by molar-refractivity contribution is 0.102.